The van der Waals surface area contributed by atoms with Crippen LogP contribution < -0.4 is 0 Å². The molecule has 3 aromatic rings. The Kier molecular flexibility index (Phi) is 4.01. The molecule has 0 N–H and O–H groups in total. The van der Waals surface area contributed by atoms with Crippen molar-refractivity contribution in [3.05, 3.63) is 65.5 Å². The molecule has 0 fully saturated rings. The van der Waals surface area contributed by atoms with Gasteiger partial charge in [0.05, 0.1) is 18.8 Å². The number of fused-ring (bicyclic) bond motifs is 1. The summed E-state index contributed by atoms with van der Waals surface area (Å²) in [4.78, 5) is 14.5. The van der Waals surface area contributed by atoms with Gasteiger partial charge < -0.3 is 4.90 Å². The molecule has 0 unspecified atom stereocenters. The molecule has 0 saturated carbocycles. The van der Waals surface area contributed by atoms with Gasteiger partial charge in [-0.05, 0) is 30.7 Å². The third-order valence-corrected chi connectivity index (χ3v) is 4.29. The number of rotatable bonds is 3. The van der Waals surface area contributed by atoms with Crippen LogP contribution in [0.2, 0.25) is 0 Å². The lowest BCUT2D eigenvalue weighted by Crippen LogP contribution is -2.31. The Hall–Kier alpha value is -3.03. The summed E-state index contributed by atoms with van der Waals surface area (Å²) in [5, 5.41) is 12.6. The Morgan fingerprint density at radius 1 is 1.24 bits per heavy atom. The molecule has 0 radical (unpaired) electrons. The number of hydrogen-bond donors (Lipinski definition) is 0. The summed E-state index contributed by atoms with van der Waals surface area (Å²) in [5.41, 5.74) is 2.05. The molecule has 0 saturated heterocycles. The van der Waals surface area contributed by atoms with Crippen LogP contribution in [0.1, 0.15) is 28.2 Å². The predicted octanol–water partition coefficient (Wildman–Crippen LogP) is 1.71. The van der Waals surface area contributed by atoms with Crippen molar-refractivity contribution in [2.75, 3.05) is 6.54 Å². The molecule has 1 aliphatic rings. The molecule has 1 amide bonds. The van der Waals surface area contributed by atoms with E-state index in [0.29, 0.717) is 31.7 Å². The number of hydrogen-bond acceptors (Lipinski definition) is 4. The first-order valence-electron chi connectivity index (χ1n) is 8.14. The lowest BCUT2D eigenvalue weighted by Gasteiger charge is -2.20. The van der Waals surface area contributed by atoms with Crippen LogP contribution in [0.25, 0.3) is 0 Å². The van der Waals surface area contributed by atoms with E-state index in [9.17, 15) is 9.18 Å². The first kappa shape index (κ1) is 15.5. The van der Waals surface area contributed by atoms with Crippen molar-refractivity contribution in [1.29, 1.82) is 0 Å². The molecule has 1 aromatic carbocycles. The van der Waals surface area contributed by atoms with Crippen LogP contribution in [0, 0.1) is 5.82 Å². The standard InChI is InChI=1S/C17H17FN6O/c18-14-5-1-4-13(10-14)17(25)22-7-3-9-24-16(12-22)15(20-21-24)11-23-8-2-6-19-23/h1-2,4-6,8,10H,3,7,9,11-12H2. The second kappa shape index (κ2) is 6.46. The molecular formula is C17H17FN6O. The van der Waals surface area contributed by atoms with Crippen molar-refractivity contribution in [3.63, 3.8) is 0 Å². The second-order valence-electron chi connectivity index (χ2n) is 6.00. The summed E-state index contributed by atoms with van der Waals surface area (Å²) in [6.45, 7) is 2.21. The minimum Gasteiger partial charge on any atom is -0.333 e. The first-order valence-corrected chi connectivity index (χ1v) is 8.14. The number of aromatic nitrogens is 5. The summed E-state index contributed by atoms with van der Waals surface area (Å²) in [6.07, 6.45) is 4.35. The van der Waals surface area contributed by atoms with Crippen LogP contribution in [-0.2, 0) is 19.6 Å². The smallest absolute Gasteiger partial charge is 0.254 e. The lowest BCUT2D eigenvalue weighted by molar-refractivity contribution is 0.0745. The average Bonchev–Trinajstić information content (AvgIpc) is 3.20. The summed E-state index contributed by atoms with van der Waals surface area (Å²) in [5.74, 6) is -0.592. The molecule has 1 aliphatic heterocycles. The van der Waals surface area contributed by atoms with Gasteiger partial charge in [0.1, 0.15) is 11.5 Å². The number of nitrogens with zero attached hydrogens (tertiary/aromatic N) is 6. The van der Waals surface area contributed by atoms with Gasteiger partial charge in [0.25, 0.3) is 5.91 Å². The zero-order chi connectivity index (χ0) is 17.2. The highest BCUT2D eigenvalue weighted by molar-refractivity contribution is 5.94. The normalized spacial score (nSPS) is 14.2. The van der Waals surface area contributed by atoms with E-state index in [2.05, 4.69) is 15.4 Å². The summed E-state index contributed by atoms with van der Waals surface area (Å²) in [7, 11) is 0. The Morgan fingerprint density at radius 2 is 2.16 bits per heavy atom. The Labute approximate surface area is 143 Å². The summed E-state index contributed by atoms with van der Waals surface area (Å²) in [6, 6.07) is 7.64. The molecule has 25 heavy (non-hydrogen) atoms. The van der Waals surface area contributed by atoms with E-state index in [1.54, 1.807) is 27.9 Å². The molecule has 4 rings (SSSR count). The maximum absolute atomic E-state index is 13.4. The minimum atomic E-state index is -0.410. The van der Waals surface area contributed by atoms with Gasteiger partial charge in [-0.25, -0.2) is 9.07 Å². The maximum Gasteiger partial charge on any atom is 0.254 e. The van der Waals surface area contributed by atoms with Crippen molar-refractivity contribution in [2.24, 2.45) is 0 Å². The molecule has 0 bridgehead atoms. The van der Waals surface area contributed by atoms with E-state index in [1.807, 2.05) is 16.9 Å². The number of benzene rings is 1. The van der Waals surface area contributed by atoms with Gasteiger partial charge in [-0.15, -0.1) is 5.10 Å². The van der Waals surface area contributed by atoms with Crippen molar-refractivity contribution in [2.45, 2.75) is 26.1 Å². The summed E-state index contributed by atoms with van der Waals surface area (Å²) >= 11 is 0. The number of halogens is 1. The quantitative estimate of drug-likeness (QED) is 0.728. The first-order chi connectivity index (χ1) is 12.2. The zero-order valence-electron chi connectivity index (χ0n) is 13.5. The third kappa shape index (κ3) is 3.15. The van der Waals surface area contributed by atoms with Crippen LogP contribution in [0.3, 0.4) is 0 Å². The number of amides is 1. The molecule has 3 heterocycles. The highest BCUT2D eigenvalue weighted by Crippen LogP contribution is 2.18. The largest absolute Gasteiger partial charge is 0.333 e. The average molecular weight is 340 g/mol. The van der Waals surface area contributed by atoms with Crippen molar-refractivity contribution < 1.29 is 9.18 Å². The zero-order valence-corrected chi connectivity index (χ0v) is 13.5. The minimum absolute atomic E-state index is 0.181. The molecule has 8 heteroatoms. The fourth-order valence-corrected chi connectivity index (χ4v) is 3.04. The van der Waals surface area contributed by atoms with E-state index in [0.717, 1.165) is 17.8 Å². The predicted molar refractivity (Wildman–Crippen MR) is 87.1 cm³/mol. The van der Waals surface area contributed by atoms with Gasteiger partial charge in [-0.3, -0.25) is 9.48 Å². The van der Waals surface area contributed by atoms with Crippen molar-refractivity contribution in [1.82, 2.24) is 29.7 Å². The highest BCUT2D eigenvalue weighted by atomic mass is 19.1. The fraction of sp³-hybridized carbons (Fsp3) is 0.294. The molecule has 7 nitrogen and oxygen atoms in total. The van der Waals surface area contributed by atoms with Crippen LogP contribution in [0.15, 0.2) is 42.7 Å². The molecule has 0 aliphatic carbocycles. The van der Waals surface area contributed by atoms with Crippen LogP contribution in [0.4, 0.5) is 4.39 Å². The molecular weight excluding hydrogens is 323 g/mol. The molecule has 2 aromatic heterocycles. The number of carbonyl (C=O) groups is 1. The highest BCUT2D eigenvalue weighted by Gasteiger charge is 2.24. The van der Waals surface area contributed by atoms with Crippen LogP contribution in [-0.4, -0.2) is 42.1 Å². The number of carbonyl (C=O) groups excluding carboxylic acids is 1. The lowest BCUT2D eigenvalue weighted by atomic mass is 10.2. The maximum atomic E-state index is 13.4. The van der Waals surface area contributed by atoms with Crippen LogP contribution in [0.5, 0.6) is 0 Å². The van der Waals surface area contributed by atoms with Gasteiger partial charge >= 0.3 is 0 Å². The van der Waals surface area contributed by atoms with Crippen molar-refractivity contribution in [3.8, 4) is 0 Å². The Balaban J connectivity index is 1.60. The Morgan fingerprint density at radius 3 is 2.96 bits per heavy atom. The van der Waals surface area contributed by atoms with E-state index in [1.165, 1.54) is 12.1 Å². The Bertz CT molecular complexity index is 888. The van der Waals surface area contributed by atoms with Gasteiger partial charge in [0, 0.05) is 31.0 Å². The van der Waals surface area contributed by atoms with Gasteiger partial charge in [0.15, 0.2) is 0 Å². The molecule has 128 valence electrons. The van der Waals surface area contributed by atoms with Gasteiger partial charge in [-0.1, -0.05) is 11.3 Å². The van der Waals surface area contributed by atoms with E-state index >= 15 is 0 Å². The van der Waals surface area contributed by atoms with E-state index < -0.39 is 5.82 Å². The van der Waals surface area contributed by atoms with E-state index in [4.69, 9.17) is 0 Å². The SMILES string of the molecule is O=C(c1cccc(F)c1)N1CCCn2nnc(Cn3cccn3)c2C1. The van der Waals surface area contributed by atoms with Gasteiger partial charge in [0.2, 0.25) is 0 Å². The number of aryl methyl sites for hydroxylation is 1. The topological polar surface area (TPSA) is 68.8 Å². The molecule has 0 atom stereocenters. The fourth-order valence-electron chi connectivity index (χ4n) is 3.04. The van der Waals surface area contributed by atoms with E-state index in [-0.39, 0.29) is 5.91 Å². The third-order valence-electron chi connectivity index (χ3n) is 4.29. The van der Waals surface area contributed by atoms with Crippen molar-refractivity contribution >= 4 is 5.91 Å². The molecule has 0 spiro atoms. The second-order valence-corrected chi connectivity index (χ2v) is 6.00. The van der Waals surface area contributed by atoms with Gasteiger partial charge in [-0.2, -0.15) is 5.10 Å². The monoisotopic (exact) mass is 340 g/mol. The summed E-state index contributed by atoms with van der Waals surface area (Å²) < 4.78 is 17.1. The van der Waals surface area contributed by atoms with Crippen LogP contribution >= 0.6 is 0 Å².